The van der Waals surface area contributed by atoms with Gasteiger partial charge in [-0.05, 0) is 74.5 Å². The molecule has 4 heteroatoms. The number of hydrogen-bond donors (Lipinski definition) is 2. The van der Waals surface area contributed by atoms with E-state index in [1.807, 2.05) is 0 Å². The molecule has 6 aliphatic rings. The Morgan fingerprint density at radius 3 is 2.74 bits per heavy atom. The van der Waals surface area contributed by atoms with Crippen LogP contribution < -0.4 is 0 Å². The third-order valence-electron chi connectivity index (χ3n) is 9.96. The van der Waals surface area contributed by atoms with Crippen LogP contribution in [0.2, 0.25) is 0 Å². The van der Waals surface area contributed by atoms with Gasteiger partial charge in [-0.25, -0.2) is 0 Å². The van der Waals surface area contributed by atoms with Gasteiger partial charge in [-0.2, -0.15) is 0 Å². The van der Waals surface area contributed by atoms with Gasteiger partial charge in [0.1, 0.15) is 5.60 Å². The number of ether oxygens (including phenoxy) is 1. The van der Waals surface area contributed by atoms with Gasteiger partial charge in [0, 0.05) is 30.3 Å². The maximum absolute atomic E-state index is 12.1. The minimum atomic E-state index is -0.323. The fourth-order valence-corrected chi connectivity index (χ4v) is 9.01. The van der Waals surface area contributed by atoms with Gasteiger partial charge in [-0.3, -0.25) is 4.79 Å². The van der Waals surface area contributed by atoms with E-state index in [0.717, 1.165) is 31.6 Å². The first-order chi connectivity index (χ1) is 13.0. The summed E-state index contributed by atoms with van der Waals surface area (Å²) in [5.74, 6) is 4.10. The fourth-order valence-electron chi connectivity index (χ4n) is 9.01. The maximum atomic E-state index is 12.1. The summed E-state index contributed by atoms with van der Waals surface area (Å²) in [6, 6.07) is 0. The number of carbonyl (C=O) groups is 1. The number of hydrogen-bond acceptors (Lipinski definition) is 4. The van der Waals surface area contributed by atoms with Gasteiger partial charge in [-0.1, -0.05) is 18.6 Å². The summed E-state index contributed by atoms with van der Waals surface area (Å²) in [7, 11) is 0. The van der Waals surface area contributed by atoms with Crippen molar-refractivity contribution < 1.29 is 19.7 Å². The van der Waals surface area contributed by atoms with Crippen molar-refractivity contribution in [3.8, 4) is 0 Å². The molecule has 5 fully saturated rings. The summed E-state index contributed by atoms with van der Waals surface area (Å²) < 4.78 is 6.16. The summed E-state index contributed by atoms with van der Waals surface area (Å²) in [5, 5.41) is 20.3. The minimum Gasteiger partial charge on any atom is -0.458 e. The number of fused-ring (bicyclic) bond motifs is 9. The predicted molar refractivity (Wildman–Crippen MR) is 99.5 cm³/mol. The van der Waals surface area contributed by atoms with Crippen LogP contribution in [0.15, 0.2) is 11.6 Å². The Kier molecular flexibility index (Phi) is 3.40. The van der Waals surface area contributed by atoms with Crippen molar-refractivity contribution in [2.75, 3.05) is 6.61 Å². The SMILES string of the molecule is CC12CCC3C4CCC(O)C=C4[C@H](CO)CC3C1[C@H]1C[C@H]1C21CCC(=O)O1. The molecule has 1 spiro atoms. The molecule has 4 saturated carbocycles. The molecule has 5 aliphatic carbocycles. The van der Waals surface area contributed by atoms with Crippen molar-refractivity contribution in [1.29, 1.82) is 0 Å². The fraction of sp³-hybridized carbons (Fsp3) is 0.870. The van der Waals surface area contributed by atoms with Crippen LogP contribution in [0.5, 0.6) is 0 Å². The Labute approximate surface area is 161 Å². The Balaban J connectivity index is 1.38. The van der Waals surface area contributed by atoms with Gasteiger partial charge >= 0.3 is 5.97 Å². The van der Waals surface area contributed by atoms with E-state index in [-0.39, 0.29) is 35.6 Å². The molecule has 4 nitrogen and oxygen atoms in total. The highest BCUT2D eigenvalue weighted by Gasteiger charge is 2.78. The average Bonchev–Trinajstić information content (AvgIpc) is 3.29. The smallest absolute Gasteiger partial charge is 0.306 e. The summed E-state index contributed by atoms with van der Waals surface area (Å²) in [4.78, 5) is 12.1. The van der Waals surface area contributed by atoms with Gasteiger partial charge < -0.3 is 14.9 Å². The topological polar surface area (TPSA) is 66.8 Å². The van der Waals surface area contributed by atoms with Crippen LogP contribution in [0, 0.1) is 46.8 Å². The molecule has 7 unspecified atom stereocenters. The Bertz CT molecular complexity index is 715. The lowest BCUT2D eigenvalue weighted by Gasteiger charge is -2.58. The zero-order valence-corrected chi connectivity index (χ0v) is 16.3. The molecule has 1 aliphatic heterocycles. The van der Waals surface area contributed by atoms with Gasteiger partial charge in [0.2, 0.25) is 0 Å². The average molecular weight is 373 g/mol. The molecule has 2 N–H and O–H groups in total. The van der Waals surface area contributed by atoms with E-state index in [1.165, 1.54) is 24.8 Å². The van der Waals surface area contributed by atoms with Crippen molar-refractivity contribution >= 4 is 5.97 Å². The van der Waals surface area contributed by atoms with Gasteiger partial charge in [0.25, 0.3) is 0 Å². The van der Waals surface area contributed by atoms with Crippen LogP contribution in [0.25, 0.3) is 0 Å². The molecule has 6 rings (SSSR count). The van der Waals surface area contributed by atoms with Crippen LogP contribution in [-0.4, -0.2) is 34.5 Å². The molecule has 1 heterocycles. The second kappa shape index (κ2) is 5.38. The second-order valence-corrected chi connectivity index (χ2v) is 10.7. The molecule has 0 radical (unpaired) electrons. The molecule has 27 heavy (non-hydrogen) atoms. The third-order valence-corrected chi connectivity index (χ3v) is 9.96. The zero-order valence-electron chi connectivity index (χ0n) is 16.3. The first-order valence-electron chi connectivity index (χ1n) is 11.2. The lowest BCUT2D eigenvalue weighted by molar-refractivity contribution is -0.175. The van der Waals surface area contributed by atoms with Crippen LogP contribution in [0.1, 0.15) is 58.3 Å². The van der Waals surface area contributed by atoms with E-state index in [1.54, 1.807) is 0 Å². The van der Waals surface area contributed by atoms with Crippen LogP contribution >= 0.6 is 0 Å². The van der Waals surface area contributed by atoms with E-state index in [0.29, 0.717) is 36.0 Å². The normalized spacial score (nSPS) is 58.0. The summed E-state index contributed by atoms with van der Waals surface area (Å²) in [6.07, 6.45) is 9.92. The first kappa shape index (κ1) is 17.0. The monoisotopic (exact) mass is 372 g/mol. The Hall–Kier alpha value is -0.870. The maximum Gasteiger partial charge on any atom is 0.306 e. The zero-order chi connectivity index (χ0) is 18.6. The second-order valence-electron chi connectivity index (χ2n) is 10.7. The molecule has 148 valence electrons. The molecule has 0 aromatic heterocycles. The molecular weight excluding hydrogens is 340 g/mol. The van der Waals surface area contributed by atoms with Gasteiger partial charge in [-0.15, -0.1) is 0 Å². The van der Waals surface area contributed by atoms with Crippen LogP contribution in [0.3, 0.4) is 0 Å². The Morgan fingerprint density at radius 1 is 1.15 bits per heavy atom. The predicted octanol–water partition coefficient (Wildman–Crippen LogP) is 3.07. The van der Waals surface area contributed by atoms with Gasteiger partial charge in [0.15, 0.2) is 0 Å². The standard InChI is InChI=1S/C23H32O4/c1-22-6-4-15-14-3-2-13(25)9-16(14)12(11-24)8-17(15)21(22)18-10-19(18)23(22)7-5-20(26)27-23/h9,12-15,17-19,21,24-25H,2-8,10-11H2,1H3/t12-,13?,14?,15?,17?,18-,19+,21?,22?,23?/m0/s1. The van der Waals surface area contributed by atoms with Crippen molar-refractivity contribution in [2.45, 2.75) is 70.0 Å². The molecular formula is C23H32O4. The van der Waals surface area contributed by atoms with E-state index in [2.05, 4.69) is 13.0 Å². The van der Waals surface area contributed by atoms with E-state index in [4.69, 9.17) is 4.74 Å². The van der Waals surface area contributed by atoms with Crippen molar-refractivity contribution in [3.05, 3.63) is 11.6 Å². The molecule has 10 atom stereocenters. The molecule has 0 amide bonds. The lowest BCUT2D eigenvalue weighted by atomic mass is 9.47. The summed E-state index contributed by atoms with van der Waals surface area (Å²) in [5.41, 5.74) is 1.30. The number of esters is 1. The first-order valence-corrected chi connectivity index (χ1v) is 11.2. The molecule has 0 aromatic carbocycles. The minimum absolute atomic E-state index is 0.0213. The highest BCUT2D eigenvalue weighted by molar-refractivity contribution is 5.73. The van der Waals surface area contributed by atoms with Crippen LogP contribution in [0.4, 0.5) is 0 Å². The van der Waals surface area contributed by atoms with Crippen LogP contribution in [-0.2, 0) is 9.53 Å². The highest BCUT2D eigenvalue weighted by atomic mass is 16.6. The van der Waals surface area contributed by atoms with E-state index < -0.39 is 0 Å². The number of rotatable bonds is 1. The molecule has 1 saturated heterocycles. The number of aliphatic hydroxyl groups is 2. The van der Waals surface area contributed by atoms with Crippen molar-refractivity contribution in [3.63, 3.8) is 0 Å². The quantitative estimate of drug-likeness (QED) is 0.548. The van der Waals surface area contributed by atoms with Crippen molar-refractivity contribution in [1.82, 2.24) is 0 Å². The van der Waals surface area contributed by atoms with Gasteiger partial charge in [0.05, 0.1) is 6.10 Å². The van der Waals surface area contributed by atoms with E-state index in [9.17, 15) is 15.0 Å². The summed E-state index contributed by atoms with van der Waals surface area (Å²) in [6.45, 7) is 2.64. The lowest BCUT2D eigenvalue weighted by Crippen LogP contribution is -2.56. The molecule has 0 aromatic rings. The Morgan fingerprint density at radius 2 is 2.00 bits per heavy atom. The summed E-state index contributed by atoms with van der Waals surface area (Å²) >= 11 is 0. The number of aliphatic hydroxyl groups excluding tert-OH is 2. The van der Waals surface area contributed by atoms with E-state index >= 15 is 0 Å². The largest absolute Gasteiger partial charge is 0.458 e. The highest BCUT2D eigenvalue weighted by Crippen LogP contribution is 2.78. The molecule has 0 bridgehead atoms. The van der Waals surface area contributed by atoms with Crippen molar-refractivity contribution in [2.24, 2.45) is 46.8 Å². The third kappa shape index (κ3) is 1.99. The number of carbonyl (C=O) groups excluding carboxylic acids is 1.